The molecule has 5 N–H and O–H groups in total. The van der Waals surface area contributed by atoms with Crippen LogP contribution in [0.2, 0.25) is 0 Å². The van der Waals surface area contributed by atoms with Crippen LogP contribution >= 0.6 is 0 Å². The SMILES string of the molecule is CCCNC(=O)C(=N)C(=N)c1cccc(-c2c(C)cccc2C)c1N. The van der Waals surface area contributed by atoms with Gasteiger partial charge in [0.25, 0.3) is 5.91 Å². The van der Waals surface area contributed by atoms with Gasteiger partial charge >= 0.3 is 0 Å². The number of amides is 1. The predicted octanol–water partition coefficient (Wildman–Crippen LogP) is 3.47. The number of benzene rings is 2. The molecule has 0 saturated heterocycles. The van der Waals surface area contributed by atoms with Gasteiger partial charge in [0.2, 0.25) is 0 Å². The van der Waals surface area contributed by atoms with Crippen molar-refractivity contribution in [1.82, 2.24) is 5.32 Å². The topological polar surface area (TPSA) is 103 Å². The normalized spacial score (nSPS) is 10.4. The number of anilines is 1. The first-order chi connectivity index (χ1) is 11.9. The molecule has 0 atom stereocenters. The van der Waals surface area contributed by atoms with Crippen LogP contribution in [0.4, 0.5) is 5.69 Å². The Kier molecular flexibility index (Phi) is 5.70. The number of hydrogen-bond acceptors (Lipinski definition) is 4. The first-order valence-corrected chi connectivity index (χ1v) is 8.29. The molecule has 0 unspecified atom stereocenters. The van der Waals surface area contributed by atoms with Gasteiger partial charge in [-0.1, -0.05) is 43.3 Å². The van der Waals surface area contributed by atoms with Crippen molar-refractivity contribution in [1.29, 1.82) is 10.8 Å². The van der Waals surface area contributed by atoms with Crippen LogP contribution in [0.25, 0.3) is 11.1 Å². The summed E-state index contributed by atoms with van der Waals surface area (Å²) >= 11 is 0. The zero-order valence-electron chi connectivity index (χ0n) is 14.9. The van der Waals surface area contributed by atoms with E-state index in [1.54, 1.807) is 12.1 Å². The monoisotopic (exact) mass is 336 g/mol. The number of nitrogens with one attached hydrogen (secondary N) is 3. The highest BCUT2D eigenvalue weighted by atomic mass is 16.1. The molecule has 2 aromatic rings. The van der Waals surface area contributed by atoms with Crippen LogP contribution in [0, 0.1) is 24.7 Å². The van der Waals surface area contributed by atoms with E-state index in [1.165, 1.54) is 0 Å². The van der Waals surface area contributed by atoms with Crippen LogP contribution in [-0.2, 0) is 4.79 Å². The second-order valence-corrected chi connectivity index (χ2v) is 6.04. The smallest absolute Gasteiger partial charge is 0.271 e. The standard InChI is InChI=1S/C20H24N4O/c1-4-11-24-20(25)19(23)18(22)15-10-6-9-14(17(15)21)16-12(2)7-5-8-13(16)3/h5-10,22-23H,4,11,21H2,1-3H3,(H,24,25). The van der Waals surface area contributed by atoms with E-state index >= 15 is 0 Å². The highest BCUT2D eigenvalue weighted by Crippen LogP contribution is 2.33. The lowest BCUT2D eigenvalue weighted by Crippen LogP contribution is -2.36. The summed E-state index contributed by atoms with van der Waals surface area (Å²) in [5.74, 6) is -0.552. The molecule has 0 aliphatic rings. The molecule has 0 aliphatic heterocycles. The summed E-state index contributed by atoms with van der Waals surface area (Å²) in [6.07, 6.45) is 0.774. The van der Waals surface area contributed by atoms with Crippen molar-refractivity contribution in [2.45, 2.75) is 27.2 Å². The van der Waals surface area contributed by atoms with Crippen LogP contribution in [0.3, 0.4) is 0 Å². The minimum Gasteiger partial charge on any atom is -0.398 e. The summed E-state index contributed by atoms with van der Waals surface area (Å²) in [5, 5.41) is 18.8. The summed E-state index contributed by atoms with van der Waals surface area (Å²) in [7, 11) is 0. The lowest BCUT2D eigenvalue weighted by molar-refractivity contribution is -0.114. The van der Waals surface area contributed by atoms with Gasteiger partial charge in [-0.25, -0.2) is 0 Å². The van der Waals surface area contributed by atoms with E-state index in [2.05, 4.69) is 5.32 Å². The van der Waals surface area contributed by atoms with Crippen LogP contribution in [-0.4, -0.2) is 23.9 Å². The number of para-hydroxylation sites is 1. The molecule has 1 amide bonds. The average Bonchev–Trinajstić information content (AvgIpc) is 2.59. The fourth-order valence-corrected chi connectivity index (χ4v) is 2.82. The number of nitrogen functional groups attached to an aromatic ring is 1. The largest absolute Gasteiger partial charge is 0.398 e. The van der Waals surface area contributed by atoms with E-state index in [-0.39, 0.29) is 11.4 Å². The zero-order valence-corrected chi connectivity index (χ0v) is 14.9. The molecule has 2 aromatic carbocycles. The number of carbonyl (C=O) groups excluding carboxylic acids is 1. The van der Waals surface area contributed by atoms with Gasteiger partial charge in [0, 0.05) is 23.4 Å². The lowest BCUT2D eigenvalue weighted by atomic mass is 9.91. The number of rotatable bonds is 6. The van der Waals surface area contributed by atoms with Crippen molar-refractivity contribution >= 4 is 23.0 Å². The Bertz CT molecular complexity index is 819. The van der Waals surface area contributed by atoms with Crippen molar-refractivity contribution in [2.24, 2.45) is 0 Å². The molecule has 0 radical (unpaired) electrons. The molecule has 0 spiro atoms. The Balaban J connectivity index is 2.44. The molecule has 25 heavy (non-hydrogen) atoms. The molecule has 0 aliphatic carbocycles. The Labute approximate surface area is 148 Å². The number of hydrogen-bond donors (Lipinski definition) is 4. The Morgan fingerprint density at radius 3 is 2.28 bits per heavy atom. The van der Waals surface area contributed by atoms with Crippen LogP contribution in [0.5, 0.6) is 0 Å². The molecule has 0 aromatic heterocycles. The maximum Gasteiger partial charge on any atom is 0.271 e. The molecular formula is C20H24N4O. The van der Waals surface area contributed by atoms with Gasteiger partial charge < -0.3 is 11.1 Å². The van der Waals surface area contributed by atoms with Crippen molar-refractivity contribution < 1.29 is 4.79 Å². The second-order valence-electron chi connectivity index (χ2n) is 6.04. The molecule has 130 valence electrons. The van der Waals surface area contributed by atoms with Gasteiger partial charge in [0.15, 0.2) is 0 Å². The first-order valence-electron chi connectivity index (χ1n) is 8.29. The Morgan fingerprint density at radius 2 is 1.68 bits per heavy atom. The Morgan fingerprint density at radius 1 is 1.08 bits per heavy atom. The molecule has 2 rings (SSSR count). The van der Waals surface area contributed by atoms with Gasteiger partial charge in [-0.05, 0) is 37.0 Å². The lowest BCUT2D eigenvalue weighted by Gasteiger charge is -2.16. The van der Waals surface area contributed by atoms with Crippen LogP contribution < -0.4 is 11.1 Å². The minimum atomic E-state index is -0.552. The number of nitrogens with two attached hydrogens (primary N) is 1. The third-order valence-corrected chi connectivity index (χ3v) is 4.14. The summed E-state index contributed by atoms with van der Waals surface area (Å²) in [5.41, 5.74) is 10.6. The summed E-state index contributed by atoms with van der Waals surface area (Å²) < 4.78 is 0. The highest BCUT2D eigenvalue weighted by molar-refractivity contribution is 6.68. The van der Waals surface area contributed by atoms with Gasteiger partial charge in [0.1, 0.15) is 5.71 Å². The number of aryl methyl sites for hydroxylation is 2. The fourth-order valence-electron chi connectivity index (χ4n) is 2.82. The predicted molar refractivity (Wildman–Crippen MR) is 104 cm³/mol. The second kappa shape index (κ2) is 7.75. The first kappa shape index (κ1) is 18.4. The quantitative estimate of drug-likeness (QED) is 0.479. The van der Waals surface area contributed by atoms with Crippen molar-refractivity contribution in [3.8, 4) is 11.1 Å². The van der Waals surface area contributed by atoms with E-state index in [4.69, 9.17) is 16.6 Å². The molecule has 0 heterocycles. The molecule has 0 fully saturated rings. The van der Waals surface area contributed by atoms with Gasteiger partial charge in [0.05, 0.1) is 5.71 Å². The van der Waals surface area contributed by atoms with Gasteiger partial charge in [-0.15, -0.1) is 0 Å². The summed E-state index contributed by atoms with van der Waals surface area (Å²) in [6, 6.07) is 11.4. The average molecular weight is 336 g/mol. The zero-order chi connectivity index (χ0) is 18.6. The molecule has 5 heteroatoms. The summed E-state index contributed by atoms with van der Waals surface area (Å²) in [4.78, 5) is 12.0. The van der Waals surface area contributed by atoms with Crippen LogP contribution in [0.15, 0.2) is 36.4 Å². The summed E-state index contributed by atoms with van der Waals surface area (Å²) in [6.45, 7) is 6.44. The van der Waals surface area contributed by atoms with E-state index in [0.717, 1.165) is 28.7 Å². The minimum absolute atomic E-state index is 0.167. The van der Waals surface area contributed by atoms with Crippen molar-refractivity contribution in [3.63, 3.8) is 0 Å². The maximum atomic E-state index is 12.0. The Hall–Kier alpha value is -2.95. The fraction of sp³-hybridized carbons (Fsp3) is 0.250. The van der Waals surface area contributed by atoms with E-state index in [1.807, 2.05) is 45.0 Å². The van der Waals surface area contributed by atoms with E-state index < -0.39 is 5.91 Å². The number of carbonyl (C=O) groups is 1. The van der Waals surface area contributed by atoms with Gasteiger partial charge in [-0.2, -0.15) is 0 Å². The molecular weight excluding hydrogens is 312 g/mol. The van der Waals surface area contributed by atoms with Crippen LogP contribution in [0.1, 0.15) is 30.0 Å². The molecule has 0 saturated carbocycles. The van der Waals surface area contributed by atoms with Crippen molar-refractivity contribution in [2.75, 3.05) is 12.3 Å². The highest BCUT2D eigenvalue weighted by Gasteiger charge is 2.20. The van der Waals surface area contributed by atoms with Crippen molar-refractivity contribution in [3.05, 3.63) is 53.1 Å². The third-order valence-electron chi connectivity index (χ3n) is 4.14. The van der Waals surface area contributed by atoms with E-state index in [0.29, 0.717) is 17.8 Å². The third kappa shape index (κ3) is 3.76. The molecule has 5 nitrogen and oxygen atoms in total. The van der Waals surface area contributed by atoms with Gasteiger partial charge in [-0.3, -0.25) is 15.6 Å². The molecule has 0 bridgehead atoms. The maximum absolute atomic E-state index is 12.0. The van der Waals surface area contributed by atoms with E-state index in [9.17, 15) is 4.79 Å².